The summed E-state index contributed by atoms with van der Waals surface area (Å²) in [6.45, 7) is 34.1. The van der Waals surface area contributed by atoms with Crippen LogP contribution in [0.15, 0.2) is 11.3 Å². The first kappa shape index (κ1) is 32.5. The van der Waals surface area contributed by atoms with Crippen molar-refractivity contribution >= 4 is 0 Å². The maximum Gasteiger partial charge on any atom is 0.0919 e. The predicted molar refractivity (Wildman–Crippen MR) is 152 cm³/mol. The van der Waals surface area contributed by atoms with Crippen LogP contribution in [0.3, 0.4) is 0 Å². The van der Waals surface area contributed by atoms with E-state index in [9.17, 15) is 0 Å². The van der Waals surface area contributed by atoms with Crippen LogP contribution in [0.25, 0.3) is 0 Å². The molecule has 2 aliphatic carbocycles. The molecule has 2 saturated carbocycles. The lowest BCUT2D eigenvalue weighted by atomic mass is 9.77. The van der Waals surface area contributed by atoms with Gasteiger partial charge in [-0.05, 0) is 99.9 Å². The van der Waals surface area contributed by atoms with Crippen molar-refractivity contribution in [3.63, 3.8) is 0 Å². The van der Waals surface area contributed by atoms with Gasteiger partial charge >= 0.3 is 0 Å². The average Bonchev–Trinajstić information content (AvgIpc) is 3.20. The van der Waals surface area contributed by atoms with Crippen LogP contribution in [0.2, 0.25) is 0 Å². The Hall–Kier alpha value is -0.540. The molecule has 4 atom stereocenters. The average molecular weight is 495 g/mol. The molecule has 0 bridgehead atoms. The van der Waals surface area contributed by atoms with E-state index in [1.165, 1.54) is 31.3 Å². The van der Waals surface area contributed by atoms with Gasteiger partial charge in [0, 0.05) is 19.6 Å². The number of allylic oxidation sites excluding steroid dienone is 1. The first-order chi connectivity index (χ1) is 15.8. The monoisotopic (exact) mass is 494 g/mol. The van der Waals surface area contributed by atoms with Crippen molar-refractivity contribution in [1.29, 1.82) is 0 Å². The fraction of sp³-hybridized carbons (Fsp3) is 0.938. The molecule has 4 fully saturated rings. The minimum atomic E-state index is 0.0903. The minimum absolute atomic E-state index is 0.0903. The Kier molecular flexibility index (Phi) is 11.9. The molecular formula is C32H62O3. The molecule has 0 amide bonds. The van der Waals surface area contributed by atoms with Crippen molar-refractivity contribution in [3.8, 4) is 0 Å². The topological polar surface area (TPSA) is 27.7 Å². The molecule has 0 aromatic carbocycles. The highest BCUT2D eigenvalue weighted by molar-refractivity contribution is 5.07. The normalized spacial score (nSPS) is 33.9. The lowest BCUT2D eigenvalue weighted by molar-refractivity contribution is -0.0182. The van der Waals surface area contributed by atoms with Crippen LogP contribution in [-0.4, -0.2) is 31.5 Å². The van der Waals surface area contributed by atoms with Gasteiger partial charge in [-0.1, -0.05) is 62.3 Å². The fourth-order valence-corrected chi connectivity index (χ4v) is 4.12. The summed E-state index contributed by atoms with van der Waals surface area (Å²) < 4.78 is 16.0. The van der Waals surface area contributed by atoms with Crippen molar-refractivity contribution in [2.75, 3.05) is 19.8 Å². The van der Waals surface area contributed by atoms with Crippen LogP contribution >= 0.6 is 0 Å². The van der Waals surface area contributed by atoms with Crippen LogP contribution in [0.5, 0.6) is 0 Å². The molecule has 3 nitrogen and oxygen atoms in total. The number of ether oxygens (including phenoxy) is 3. The van der Waals surface area contributed by atoms with Crippen LogP contribution in [0.1, 0.15) is 129 Å². The van der Waals surface area contributed by atoms with Gasteiger partial charge in [0.2, 0.25) is 0 Å². The lowest BCUT2D eigenvalue weighted by Gasteiger charge is -2.32. The Morgan fingerprint density at radius 3 is 1.26 bits per heavy atom. The van der Waals surface area contributed by atoms with E-state index < -0.39 is 0 Å². The molecule has 0 radical (unpaired) electrons. The molecular weight excluding hydrogens is 432 g/mol. The molecule has 208 valence electrons. The summed E-state index contributed by atoms with van der Waals surface area (Å²) in [5.41, 5.74) is 3.15. The van der Waals surface area contributed by atoms with E-state index in [-0.39, 0.29) is 5.60 Å². The van der Waals surface area contributed by atoms with Crippen molar-refractivity contribution in [2.45, 2.75) is 141 Å². The van der Waals surface area contributed by atoms with E-state index in [1.807, 2.05) is 6.92 Å². The van der Waals surface area contributed by atoms with Gasteiger partial charge < -0.3 is 14.2 Å². The summed E-state index contributed by atoms with van der Waals surface area (Å²) in [5, 5.41) is 0. The Morgan fingerprint density at radius 2 is 1.17 bits per heavy atom. The first-order valence-corrected chi connectivity index (χ1v) is 14.4. The maximum absolute atomic E-state index is 5.56. The molecule has 0 spiro atoms. The van der Waals surface area contributed by atoms with Crippen molar-refractivity contribution < 1.29 is 14.2 Å². The van der Waals surface area contributed by atoms with E-state index in [1.54, 1.807) is 0 Å². The zero-order valence-electron chi connectivity index (χ0n) is 26.2. The number of rotatable bonds is 0. The highest BCUT2D eigenvalue weighted by Crippen LogP contribution is 2.62. The van der Waals surface area contributed by atoms with E-state index >= 15 is 0 Å². The van der Waals surface area contributed by atoms with Gasteiger partial charge in [0.15, 0.2) is 0 Å². The first-order valence-electron chi connectivity index (χ1n) is 14.4. The number of hydrogen-bond donors (Lipinski definition) is 0. The van der Waals surface area contributed by atoms with Crippen molar-refractivity contribution in [1.82, 2.24) is 0 Å². The van der Waals surface area contributed by atoms with Gasteiger partial charge in [-0.15, -0.1) is 0 Å². The van der Waals surface area contributed by atoms with Gasteiger partial charge in [0.1, 0.15) is 0 Å². The molecule has 0 aromatic rings. The van der Waals surface area contributed by atoms with Gasteiger partial charge in [0.25, 0.3) is 0 Å². The van der Waals surface area contributed by atoms with Crippen molar-refractivity contribution in [3.05, 3.63) is 11.3 Å². The van der Waals surface area contributed by atoms with E-state index in [2.05, 4.69) is 90.0 Å². The zero-order chi connectivity index (χ0) is 27.2. The third-order valence-electron chi connectivity index (χ3n) is 10.1. The van der Waals surface area contributed by atoms with E-state index in [0.29, 0.717) is 22.3 Å². The largest absolute Gasteiger partial charge is 0.498 e. The molecule has 3 heteroatoms. The molecule has 35 heavy (non-hydrogen) atoms. The van der Waals surface area contributed by atoms with Gasteiger partial charge in [0.05, 0.1) is 24.1 Å². The second-order valence-electron chi connectivity index (χ2n) is 14.4. The third kappa shape index (κ3) is 10.8. The van der Waals surface area contributed by atoms with Crippen LogP contribution in [0.4, 0.5) is 0 Å². The second-order valence-corrected chi connectivity index (χ2v) is 14.4. The van der Waals surface area contributed by atoms with E-state index in [4.69, 9.17) is 14.2 Å². The van der Waals surface area contributed by atoms with E-state index in [0.717, 1.165) is 49.8 Å². The van der Waals surface area contributed by atoms with Crippen molar-refractivity contribution in [2.24, 2.45) is 34.0 Å². The molecule has 4 unspecified atom stereocenters. The maximum atomic E-state index is 5.56. The summed E-state index contributed by atoms with van der Waals surface area (Å²) in [6, 6.07) is 0. The van der Waals surface area contributed by atoms with Crippen LogP contribution in [0, 0.1) is 34.0 Å². The van der Waals surface area contributed by atoms with Crippen LogP contribution in [-0.2, 0) is 14.2 Å². The molecule has 5 rings (SSSR count). The van der Waals surface area contributed by atoms with Gasteiger partial charge in [-0.3, -0.25) is 0 Å². The summed E-state index contributed by atoms with van der Waals surface area (Å²) in [7, 11) is 0. The Morgan fingerprint density at radius 1 is 0.686 bits per heavy atom. The summed E-state index contributed by atoms with van der Waals surface area (Å²) in [4.78, 5) is 0. The third-order valence-corrected chi connectivity index (χ3v) is 10.1. The lowest BCUT2D eigenvalue weighted by Crippen LogP contribution is -2.34. The fourth-order valence-electron chi connectivity index (χ4n) is 4.12. The molecule has 0 aromatic heterocycles. The highest BCUT2D eigenvalue weighted by atomic mass is 16.5. The Balaban J connectivity index is 0.000000221. The minimum Gasteiger partial charge on any atom is -0.498 e. The highest BCUT2D eigenvalue weighted by Gasteiger charge is 2.53. The van der Waals surface area contributed by atoms with Gasteiger partial charge in [-0.25, -0.2) is 0 Å². The van der Waals surface area contributed by atoms with Crippen LogP contribution < -0.4 is 0 Å². The second kappa shape index (κ2) is 12.8. The molecule has 5 aliphatic rings. The molecule has 3 aliphatic heterocycles. The molecule has 2 saturated heterocycles. The zero-order valence-corrected chi connectivity index (χ0v) is 26.2. The summed E-state index contributed by atoms with van der Waals surface area (Å²) in [6.07, 6.45) is 6.97. The Labute approximate surface area is 220 Å². The quantitative estimate of drug-likeness (QED) is 0.335. The number of hydrogen-bond acceptors (Lipinski definition) is 3. The summed E-state index contributed by atoms with van der Waals surface area (Å²) in [5.74, 6) is 4.02. The predicted octanol–water partition coefficient (Wildman–Crippen LogP) is 9.45. The Bertz CT molecular complexity index is 618. The molecule has 0 N–H and O–H groups in total. The summed E-state index contributed by atoms with van der Waals surface area (Å²) >= 11 is 0. The SMILES string of the molecule is CC1(C)CC1(C)C.CC1(C)CCOC1(C)C.CC1=C(C)OCC1.CC1CC1C.CC1CCOC1C. The smallest absolute Gasteiger partial charge is 0.0919 e. The standard InChI is InChI=1S/C8H16O.C7H14.C6H12O.C6H10O.C5H10/c1-7(2)5-6-9-8(7,3)4;1-6(2)5-7(6,3)4;2*1-5-3-4-7-6(5)2;1-4-3-5(4)2/h5-6H2,1-4H3;5H2,1-4H3;5-6H,3-4H2,1-2H3;3-4H2,1-2H3;4-5H,3H2,1-2H3. The van der Waals surface area contributed by atoms with Gasteiger partial charge in [-0.2, -0.15) is 0 Å². The molecule has 3 heterocycles.